The van der Waals surface area contributed by atoms with E-state index in [9.17, 15) is 9.59 Å². The fourth-order valence-electron chi connectivity index (χ4n) is 4.51. The van der Waals surface area contributed by atoms with Crippen LogP contribution in [0.5, 0.6) is 0 Å². The lowest BCUT2D eigenvalue weighted by Crippen LogP contribution is -2.45. The molecule has 5 nitrogen and oxygen atoms in total. The number of hydrogen-bond acceptors (Lipinski definition) is 4. The average Bonchev–Trinajstić information content (AvgIpc) is 3.26. The third kappa shape index (κ3) is 2.27. The highest BCUT2D eigenvalue weighted by Crippen LogP contribution is 2.56. The van der Waals surface area contributed by atoms with Crippen LogP contribution < -0.4 is 4.90 Å². The number of benzene rings is 1. The highest BCUT2D eigenvalue weighted by atomic mass is 35.5. The maximum atomic E-state index is 13.4. The lowest BCUT2D eigenvalue weighted by molar-refractivity contribution is -0.151. The van der Waals surface area contributed by atoms with Gasteiger partial charge in [-0.15, -0.1) is 6.58 Å². The first-order valence-corrected chi connectivity index (χ1v) is 9.14. The first-order chi connectivity index (χ1) is 12.5. The molecule has 0 saturated carbocycles. The van der Waals surface area contributed by atoms with Gasteiger partial charge in [0.15, 0.2) is 0 Å². The Labute approximate surface area is 157 Å². The van der Waals surface area contributed by atoms with Gasteiger partial charge >= 0.3 is 5.97 Å². The summed E-state index contributed by atoms with van der Waals surface area (Å²) in [5.74, 6) is -1.70. The minimum Gasteiger partial charge on any atom is -0.466 e. The summed E-state index contributed by atoms with van der Waals surface area (Å²) in [7, 11) is 0. The van der Waals surface area contributed by atoms with Gasteiger partial charge in [0.25, 0.3) is 0 Å². The van der Waals surface area contributed by atoms with Crippen molar-refractivity contribution in [1.29, 1.82) is 0 Å². The first kappa shape index (κ1) is 17.3. The summed E-state index contributed by atoms with van der Waals surface area (Å²) in [4.78, 5) is 27.6. The number of nitrogens with zero attached hydrogens (tertiary/aromatic N) is 1. The molecule has 6 heteroatoms. The zero-order chi connectivity index (χ0) is 18.5. The minimum absolute atomic E-state index is 0.121. The molecule has 1 aromatic carbocycles. The van der Waals surface area contributed by atoms with Gasteiger partial charge in [0.2, 0.25) is 5.91 Å². The number of fused-ring (bicyclic) bond motifs is 1. The van der Waals surface area contributed by atoms with Crippen molar-refractivity contribution in [3.63, 3.8) is 0 Å². The highest BCUT2D eigenvalue weighted by Gasteiger charge is 2.71. The number of halogens is 1. The maximum Gasteiger partial charge on any atom is 0.312 e. The maximum absolute atomic E-state index is 13.4. The number of anilines is 1. The summed E-state index contributed by atoms with van der Waals surface area (Å²) < 4.78 is 11.4. The predicted octanol–water partition coefficient (Wildman–Crippen LogP) is 3.13. The topological polar surface area (TPSA) is 55.8 Å². The second kappa shape index (κ2) is 6.25. The molecule has 26 heavy (non-hydrogen) atoms. The van der Waals surface area contributed by atoms with Gasteiger partial charge in [0.05, 0.1) is 24.7 Å². The fourth-order valence-corrected chi connectivity index (χ4v) is 4.64. The third-order valence-electron chi connectivity index (χ3n) is 5.48. The normalized spacial score (nSPS) is 34.2. The van der Waals surface area contributed by atoms with E-state index >= 15 is 0 Å². The van der Waals surface area contributed by atoms with E-state index < -0.39 is 23.5 Å². The summed E-state index contributed by atoms with van der Waals surface area (Å²) >= 11 is 5.99. The molecule has 2 saturated heterocycles. The van der Waals surface area contributed by atoms with Gasteiger partial charge in [-0.25, -0.2) is 0 Å². The van der Waals surface area contributed by atoms with Gasteiger partial charge in [-0.1, -0.05) is 29.8 Å². The highest BCUT2D eigenvalue weighted by molar-refractivity contribution is 6.30. The molecular weight excluding hydrogens is 354 g/mol. The van der Waals surface area contributed by atoms with Crippen LogP contribution in [0.2, 0.25) is 5.02 Å². The largest absolute Gasteiger partial charge is 0.466 e. The molecule has 4 rings (SSSR count). The molecule has 1 spiro atoms. The van der Waals surface area contributed by atoms with E-state index in [0.717, 1.165) is 5.69 Å². The van der Waals surface area contributed by atoms with Crippen molar-refractivity contribution in [2.45, 2.75) is 31.1 Å². The number of esters is 1. The van der Waals surface area contributed by atoms with Crippen molar-refractivity contribution < 1.29 is 19.1 Å². The Morgan fingerprint density at radius 2 is 2.15 bits per heavy atom. The van der Waals surface area contributed by atoms with Gasteiger partial charge in [-0.05, 0) is 37.6 Å². The van der Waals surface area contributed by atoms with Crippen molar-refractivity contribution in [2.75, 3.05) is 11.5 Å². The van der Waals surface area contributed by atoms with Gasteiger partial charge in [0.1, 0.15) is 11.5 Å². The van der Waals surface area contributed by atoms with E-state index in [1.54, 1.807) is 30.0 Å². The van der Waals surface area contributed by atoms with Crippen LogP contribution in [0.15, 0.2) is 49.1 Å². The van der Waals surface area contributed by atoms with Crippen LogP contribution in [0.4, 0.5) is 5.69 Å². The van der Waals surface area contributed by atoms with Crippen LogP contribution in [0, 0.1) is 11.8 Å². The summed E-state index contributed by atoms with van der Waals surface area (Å²) in [6.07, 6.45) is 5.74. The van der Waals surface area contributed by atoms with E-state index in [0.29, 0.717) is 11.4 Å². The Bertz CT molecular complexity index is 790. The van der Waals surface area contributed by atoms with E-state index in [4.69, 9.17) is 21.1 Å². The zero-order valence-electron chi connectivity index (χ0n) is 14.4. The lowest BCUT2D eigenvalue weighted by atomic mass is 9.74. The average molecular weight is 374 g/mol. The zero-order valence-corrected chi connectivity index (χ0v) is 15.2. The van der Waals surface area contributed by atoms with E-state index in [1.165, 1.54) is 0 Å². The van der Waals surface area contributed by atoms with Crippen LogP contribution >= 0.6 is 11.6 Å². The quantitative estimate of drug-likeness (QED) is 0.587. The molecule has 5 atom stereocenters. The second-order valence-corrected chi connectivity index (χ2v) is 7.21. The second-order valence-electron chi connectivity index (χ2n) is 6.78. The number of hydrogen-bond donors (Lipinski definition) is 0. The summed E-state index contributed by atoms with van der Waals surface area (Å²) in [6.45, 7) is 5.87. The SMILES string of the molecule is C=CC[C@@H]1N(c2ccc(Cl)cc2)C(=O)[C@@H]2[C@H](C(=O)OCC)[C@@H]3C=C[C@@]21O3. The summed E-state index contributed by atoms with van der Waals surface area (Å²) in [5.41, 5.74) is -0.0920. The van der Waals surface area contributed by atoms with Crippen molar-refractivity contribution in [3.8, 4) is 0 Å². The van der Waals surface area contributed by atoms with E-state index in [-0.39, 0.29) is 24.5 Å². The lowest BCUT2D eigenvalue weighted by Gasteiger charge is -2.32. The number of amides is 1. The Kier molecular flexibility index (Phi) is 4.16. The van der Waals surface area contributed by atoms with Crippen molar-refractivity contribution in [2.24, 2.45) is 11.8 Å². The molecule has 0 unspecified atom stereocenters. The standard InChI is InChI=1S/C20H20ClNO4/c1-3-5-15-20-11-10-14(26-20)16(19(24)25-4-2)17(20)18(23)22(15)13-8-6-12(21)7-9-13/h3,6-11,14-17H,1,4-5H2,2H3/t14-,15-,16+,17-,20-/m0/s1. The van der Waals surface area contributed by atoms with Gasteiger partial charge in [-0.3, -0.25) is 9.59 Å². The third-order valence-corrected chi connectivity index (χ3v) is 5.73. The first-order valence-electron chi connectivity index (χ1n) is 8.77. The molecule has 0 aliphatic carbocycles. The van der Waals surface area contributed by atoms with E-state index in [1.807, 2.05) is 24.3 Å². The molecule has 1 aromatic rings. The molecule has 2 fully saturated rings. The minimum atomic E-state index is -0.826. The number of carbonyl (C=O) groups excluding carboxylic acids is 2. The Morgan fingerprint density at radius 3 is 2.81 bits per heavy atom. The molecular formula is C20H20ClNO4. The summed E-state index contributed by atoms with van der Waals surface area (Å²) in [5, 5.41) is 0.598. The van der Waals surface area contributed by atoms with Gasteiger partial charge < -0.3 is 14.4 Å². The molecule has 1 amide bonds. The smallest absolute Gasteiger partial charge is 0.312 e. The van der Waals surface area contributed by atoms with Gasteiger partial charge in [-0.2, -0.15) is 0 Å². The van der Waals surface area contributed by atoms with Gasteiger partial charge in [0, 0.05) is 10.7 Å². The van der Waals surface area contributed by atoms with Crippen LogP contribution in [0.25, 0.3) is 0 Å². The Hall–Kier alpha value is -2.11. The molecule has 0 N–H and O–H groups in total. The molecule has 3 aliphatic heterocycles. The molecule has 0 aromatic heterocycles. The molecule has 2 bridgehead atoms. The van der Waals surface area contributed by atoms with Crippen molar-refractivity contribution in [1.82, 2.24) is 0 Å². The molecule has 3 aliphatic rings. The number of rotatable bonds is 5. The predicted molar refractivity (Wildman–Crippen MR) is 97.9 cm³/mol. The molecule has 0 radical (unpaired) electrons. The summed E-state index contributed by atoms with van der Waals surface area (Å²) in [6, 6.07) is 6.85. The molecule has 136 valence electrons. The van der Waals surface area contributed by atoms with Crippen molar-refractivity contribution >= 4 is 29.2 Å². The fraction of sp³-hybridized carbons (Fsp3) is 0.400. The van der Waals surface area contributed by atoms with Crippen molar-refractivity contribution in [3.05, 3.63) is 54.1 Å². The van der Waals surface area contributed by atoms with Crippen LogP contribution in [0.3, 0.4) is 0 Å². The van der Waals surface area contributed by atoms with Crippen LogP contribution in [0.1, 0.15) is 13.3 Å². The van der Waals surface area contributed by atoms with E-state index in [2.05, 4.69) is 6.58 Å². The number of carbonyl (C=O) groups is 2. The molecule has 3 heterocycles. The van der Waals surface area contributed by atoms with Crippen LogP contribution in [-0.2, 0) is 19.1 Å². The van der Waals surface area contributed by atoms with Crippen LogP contribution in [-0.4, -0.2) is 36.2 Å². The Balaban J connectivity index is 1.78. The number of ether oxygens (including phenoxy) is 2. The monoisotopic (exact) mass is 373 g/mol. The Morgan fingerprint density at radius 1 is 1.42 bits per heavy atom.